The fourth-order valence-electron chi connectivity index (χ4n) is 3.94. The molecule has 1 N–H and O–H groups in total. The van der Waals surface area contributed by atoms with Crippen molar-refractivity contribution in [3.05, 3.63) is 66.4 Å². The van der Waals surface area contributed by atoms with Crippen molar-refractivity contribution in [2.45, 2.75) is 25.7 Å². The Balaban J connectivity index is 1.57. The van der Waals surface area contributed by atoms with Gasteiger partial charge < -0.3 is 10.0 Å². The molecule has 0 unspecified atom stereocenters. The van der Waals surface area contributed by atoms with Crippen molar-refractivity contribution in [2.24, 2.45) is 5.41 Å². The van der Waals surface area contributed by atoms with Crippen LogP contribution in [0.2, 0.25) is 0 Å². The first-order valence-electron chi connectivity index (χ1n) is 9.40. The molecule has 138 valence electrons. The molecule has 27 heavy (non-hydrogen) atoms. The van der Waals surface area contributed by atoms with Crippen LogP contribution in [0.25, 0.3) is 11.0 Å². The first-order valence-corrected chi connectivity index (χ1v) is 9.40. The van der Waals surface area contributed by atoms with Crippen LogP contribution in [0.1, 0.15) is 24.8 Å². The van der Waals surface area contributed by atoms with Crippen molar-refractivity contribution in [1.29, 1.82) is 0 Å². The minimum absolute atomic E-state index is 0.474. The standard InChI is InChI=1S/C22H23N3O2/c26-21(27)22(13-11-17-7-2-1-3-8-17)12-6-14-25(16-22)20-15-23-18-9-4-5-10-19(18)24-20/h1-5,7-10,15H,6,11-14,16H2,(H,26,27)/t22-/m0/s1. The summed E-state index contributed by atoms with van der Waals surface area (Å²) in [6.07, 6.45) is 4.70. The van der Waals surface area contributed by atoms with Gasteiger partial charge in [-0.3, -0.25) is 9.78 Å². The van der Waals surface area contributed by atoms with Gasteiger partial charge >= 0.3 is 5.97 Å². The molecule has 2 aromatic carbocycles. The Morgan fingerprint density at radius 3 is 2.59 bits per heavy atom. The van der Waals surface area contributed by atoms with Gasteiger partial charge in [0.15, 0.2) is 0 Å². The third-order valence-electron chi connectivity index (χ3n) is 5.53. The molecule has 1 aliphatic heterocycles. The maximum atomic E-state index is 12.2. The van der Waals surface area contributed by atoms with E-state index in [4.69, 9.17) is 4.98 Å². The van der Waals surface area contributed by atoms with E-state index in [9.17, 15) is 9.90 Å². The molecule has 0 spiro atoms. The highest BCUT2D eigenvalue weighted by molar-refractivity contribution is 5.77. The molecule has 5 nitrogen and oxygen atoms in total. The van der Waals surface area contributed by atoms with E-state index in [0.717, 1.165) is 36.2 Å². The number of piperidine rings is 1. The number of benzene rings is 2. The number of carboxylic acid groups (broad SMARTS) is 1. The number of aliphatic carboxylic acids is 1. The Morgan fingerprint density at radius 2 is 1.81 bits per heavy atom. The van der Waals surface area contributed by atoms with E-state index < -0.39 is 11.4 Å². The first-order chi connectivity index (χ1) is 13.2. The zero-order valence-corrected chi connectivity index (χ0v) is 15.2. The summed E-state index contributed by atoms with van der Waals surface area (Å²) in [4.78, 5) is 23.5. The average molecular weight is 361 g/mol. The number of aryl methyl sites for hydroxylation is 1. The second kappa shape index (κ2) is 7.35. The van der Waals surface area contributed by atoms with Crippen molar-refractivity contribution < 1.29 is 9.90 Å². The average Bonchev–Trinajstić information content (AvgIpc) is 2.73. The van der Waals surface area contributed by atoms with Gasteiger partial charge in [-0.2, -0.15) is 0 Å². The number of nitrogens with zero attached hydrogens (tertiary/aromatic N) is 3. The van der Waals surface area contributed by atoms with Crippen molar-refractivity contribution >= 4 is 22.8 Å². The molecule has 0 bridgehead atoms. The summed E-state index contributed by atoms with van der Waals surface area (Å²) < 4.78 is 0. The normalized spacial score (nSPS) is 19.9. The third kappa shape index (κ3) is 3.63. The summed E-state index contributed by atoms with van der Waals surface area (Å²) in [6.45, 7) is 1.29. The molecule has 0 amide bonds. The van der Waals surface area contributed by atoms with E-state index in [-0.39, 0.29) is 0 Å². The molecule has 3 aromatic rings. The van der Waals surface area contributed by atoms with Gasteiger partial charge in [0.1, 0.15) is 5.82 Å². The molecule has 1 aromatic heterocycles. The minimum Gasteiger partial charge on any atom is -0.481 e. The SMILES string of the molecule is O=C(O)[C@]1(CCc2ccccc2)CCCN(c2cnc3ccccc3n2)C1. The molecule has 1 atom stereocenters. The molecule has 1 fully saturated rings. The highest BCUT2D eigenvalue weighted by Gasteiger charge is 2.42. The summed E-state index contributed by atoms with van der Waals surface area (Å²) in [5, 5.41) is 10.0. The highest BCUT2D eigenvalue weighted by atomic mass is 16.4. The van der Waals surface area contributed by atoms with Crippen LogP contribution in [-0.4, -0.2) is 34.1 Å². The summed E-state index contributed by atoms with van der Waals surface area (Å²) in [7, 11) is 0. The number of aromatic nitrogens is 2. The zero-order chi connectivity index (χ0) is 18.7. The molecule has 4 rings (SSSR count). The van der Waals surface area contributed by atoms with Crippen LogP contribution in [0.3, 0.4) is 0 Å². The van der Waals surface area contributed by atoms with E-state index in [0.29, 0.717) is 19.4 Å². The van der Waals surface area contributed by atoms with E-state index >= 15 is 0 Å². The number of carboxylic acids is 1. The second-order valence-electron chi connectivity index (χ2n) is 7.31. The predicted molar refractivity (Wildman–Crippen MR) is 106 cm³/mol. The van der Waals surface area contributed by atoms with Crippen molar-refractivity contribution in [3.63, 3.8) is 0 Å². The van der Waals surface area contributed by atoms with Crippen molar-refractivity contribution in [2.75, 3.05) is 18.0 Å². The van der Waals surface area contributed by atoms with Crippen LogP contribution in [0, 0.1) is 5.41 Å². The van der Waals surface area contributed by atoms with Crippen LogP contribution in [0.5, 0.6) is 0 Å². The number of rotatable bonds is 5. The van der Waals surface area contributed by atoms with Gasteiger partial charge in [-0.1, -0.05) is 42.5 Å². The largest absolute Gasteiger partial charge is 0.481 e. The van der Waals surface area contributed by atoms with Gasteiger partial charge in [-0.05, 0) is 43.4 Å². The number of anilines is 1. The molecule has 5 heteroatoms. The maximum absolute atomic E-state index is 12.2. The summed E-state index contributed by atoms with van der Waals surface area (Å²) in [6, 6.07) is 17.9. The molecule has 1 aliphatic rings. The number of para-hydroxylation sites is 2. The van der Waals surface area contributed by atoms with Crippen molar-refractivity contribution in [1.82, 2.24) is 9.97 Å². The molecular formula is C22H23N3O2. The number of hydrogen-bond donors (Lipinski definition) is 1. The molecule has 0 aliphatic carbocycles. The van der Waals surface area contributed by atoms with E-state index in [2.05, 4.69) is 22.0 Å². The van der Waals surface area contributed by atoms with Crippen LogP contribution >= 0.6 is 0 Å². The Bertz CT molecular complexity index is 944. The van der Waals surface area contributed by atoms with Crippen LogP contribution < -0.4 is 4.90 Å². The lowest BCUT2D eigenvalue weighted by Gasteiger charge is -2.40. The number of carbonyl (C=O) groups is 1. The fraction of sp³-hybridized carbons (Fsp3) is 0.318. The van der Waals surface area contributed by atoms with Gasteiger partial charge in [-0.25, -0.2) is 4.98 Å². The van der Waals surface area contributed by atoms with E-state index in [1.54, 1.807) is 6.20 Å². The molecule has 0 radical (unpaired) electrons. The Hall–Kier alpha value is -2.95. The fourth-order valence-corrected chi connectivity index (χ4v) is 3.94. The van der Waals surface area contributed by atoms with Gasteiger partial charge in [0.25, 0.3) is 0 Å². The van der Waals surface area contributed by atoms with Gasteiger partial charge in [0.05, 0.1) is 22.6 Å². The van der Waals surface area contributed by atoms with Crippen molar-refractivity contribution in [3.8, 4) is 0 Å². The van der Waals surface area contributed by atoms with E-state index in [1.165, 1.54) is 5.56 Å². The Kier molecular flexibility index (Phi) is 4.75. The second-order valence-corrected chi connectivity index (χ2v) is 7.31. The maximum Gasteiger partial charge on any atom is 0.311 e. The van der Waals surface area contributed by atoms with Gasteiger partial charge in [0, 0.05) is 13.1 Å². The number of fused-ring (bicyclic) bond motifs is 1. The number of hydrogen-bond acceptors (Lipinski definition) is 4. The Morgan fingerprint density at radius 1 is 1.07 bits per heavy atom. The molecule has 2 heterocycles. The smallest absolute Gasteiger partial charge is 0.311 e. The molecular weight excluding hydrogens is 338 g/mol. The lowest BCUT2D eigenvalue weighted by molar-refractivity contribution is -0.150. The summed E-state index contributed by atoms with van der Waals surface area (Å²) in [5.74, 6) is 0.0515. The van der Waals surface area contributed by atoms with Crippen LogP contribution in [-0.2, 0) is 11.2 Å². The predicted octanol–water partition coefficient (Wildman–Crippen LogP) is 3.93. The monoisotopic (exact) mass is 361 g/mol. The Labute approximate surface area is 158 Å². The topological polar surface area (TPSA) is 66.3 Å². The summed E-state index contributed by atoms with van der Waals surface area (Å²) >= 11 is 0. The third-order valence-corrected chi connectivity index (χ3v) is 5.53. The van der Waals surface area contributed by atoms with Gasteiger partial charge in [0.2, 0.25) is 0 Å². The molecule has 1 saturated heterocycles. The minimum atomic E-state index is -0.749. The zero-order valence-electron chi connectivity index (χ0n) is 15.2. The van der Waals surface area contributed by atoms with Gasteiger partial charge in [-0.15, -0.1) is 0 Å². The lowest BCUT2D eigenvalue weighted by atomic mass is 9.75. The summed E-state index contributed by atoms with van der Waals surface area (Å²) in [5.41, 5.74) is 2.12. The lowest BCUT2D eigenvalue weighted by Crippen LogP contribution is -2.48. The highest BCUT2D eigenvalue weighted by Crippen LogP contribution is 2.36. The first kappa shape index (κ1) is 17.5. The quantitative estimate of drug-likeness (QED) is 0.746. The van der Waals surface area contributed by atoms with Crippen LogP contribution in [0.15, 0.2) is 60.8 Å². The molecule has 0 saturated carbocycles. The van der Waals surface area contributed by atoms with E-state index in [1.807, 2.05) is 42.5 Å². The van der Waals surface area contributed by atoms with Crippen LogP contribution in [0.4, 0.5) is 5.82 Å².